The van der Waals surface area contributed by atoms with Crippen LogP contribution in [0, 0.1) is 5.41 Å². The number of nitrogens with zero attached hydrogens (tertiary/aromatic N) is 5. The lowest BCUT2D eigenvalue weighted by molar-refractivity contribution is 0.361. The summed E-state index contributed by atoms with van der Waals surface area (Å²) in [5, 5.41) is 18.8. The molecule has 17 heavy (non-hydrogen) atoms. The summed E-state index contributed by atoms with van der Waals surface area (Å²) in [5.41, 5.74) is 1.08. The van der Waals surface area contributed by atoms with Crippen molar-refractivity contribution in [2.45, 2.75) is 32.6 Å². The van der Waals surface area contributed by atoms with Gasteiger partial charge in [-0.15, -0.1) is 14.8 Å². The number of fused-ring (bicyclic) bond motifs is 1. The molecule has 2 heterocycles. The van der Waals surface area contributed by atoms with Crippen LogP contribution in [0.25, 0.3) is 5.65 Å². The molecular formula is C11H16N6. The molecule has 0 spiro atoms. The Morgan fingerprint density at radius 2 is 2.18 bits per heavy atom. The molecular weight excluding hydrogens is 216 g/mol. The van der Waals surface area contributed by atoms with Crippen LogP contribution >= 0.6 is 0 Å². The van der Waals surface area contributed by atoms with E-state index in [2.05, 4.69) is 32.9 Å². The number of hydrogen-bond acceptors (Lipinski definition) is 5. The van der Waals surface area contributed by atoms with E-state index in [1.54, 1.807) is 0 Å². The quantitative estimate of drug-likeness (QED) is 0.868. The van der Waals surface area contributed by atoms with Crippen LogP contribution in [0.3, 0.4) is 0 Å². The Morgan fingerprint density at radius 1 is 1.35 bits per heavy atom. The van der Waals surface area contributed by atoms with Gasteiger partial charge < -0.3 is 5.32 Å². The van der Waals surface area contributed by atoms with Crippen molar-refractivity contribution in [3.8, 4) is 0 Å². The monoisotopic (exact) mass is 232 g/mol. The topological polar surface area (TPSA) is 68.0 Å². The van der Waals surface area contributed by atoms with Crippen LogP contribution in [0.1, 0.15) is 32.6 Å². The molecule has 1 aliphatic rings. The predicted molar refractivity (Wildman–Crippen MR) is 63.6 cm³/mol. The summed E-state index contributed by atoms with van der Waals surface area (Å²) in [6, 6.07) is 3.79. The van der Waals surface area contributed by atoms with Crippen LogP contribution in [0.5, 0.6) is 0 Å². The van der Waals surface area contributed by atoms with Crippen molar-refractivity contribution in [3.63, 3.8) is 0 Å². The first-order valence-electron chi connectivity index (χ1n) is 6.05. The summed E-state index contributed by atoms with van der Waals surface area (Å²) in [7, 11) is 0. The number of anilines is 1. The number of nitrogens with one attached hydrogen (secondary N) is 1. The molecule has 1 N–H and O–H groups in total. The second-order valence-corrected chi connectivity index (χ2v) is 5.12. The molecule has 1 aliphatic carbocycles. The minimum atomic E-state index is 0.414. The number of hydrogen-bond donors (Lipinski definition) is 1. The second-order valence-electron chi connectivity index (χ2n) is 5.12. The lowest BCUT2D eigenvalue weighted by Gasteiger charge is -2.23. The molecule has 0 unspecified atom stereocenters. The van der Waals surface area contributed by atoms with E-state index in [0.717, 1.165) is 12.4 Å². The molecule has 1 fully saturated rings. The average Bonchev–Trinajstić information content (AvgIpc) is 2.95. The van der Waals surface area contributed by atoms with Gasteiger partial charge in [-0.1, -0.05) is 19.8 Å². The molecule has 90 valence electrons. The third-order valence-electron chi connectivity index (χ3n) is 3.58. The van der Waals surface area contributed by atoms with E-state index in [1.807, 2.05) is 12.1 Å². The third-order valence-corrected chi connectivity index (χ3v) is 3.58. The normalized spacial score (nSPS) is 18.6. The van der Waals surface area contributed by atoms with Gasteiger partial charge in [-0.2, -0.15) is 0 Å². The van der Waals surface area contributed by atoms with Crippen molar-refractivity contribution < 1.29 is 0 Å². The lowest BCUT2D eigenvalue weighted by Crippen LogP contribution is -2.23. The molecule has 6 heteroatoms. The van der Waals surface area contributed by atoms with Crippen molar-refractivity contribution in [3.05, 3.63) is 12.1 Å². The largest absolute Gasteiger partial charge is 0.368 e. The third kappa shape index (κ3) is 2.07. The first-order valence-corrected chi connectivity index (χ1v) is 6.05. The molecule has 0 aromatic carbocycles. The first-order chi connectivity index (χ1) is 8.25. The highest BCUT2D eigenvalue weighted by molar-refractivity contribution is 5.42. The zero-order valence-corrected chi connectivity index (χ0v) is 9.93. The Labute approximate surface area is 99.4 Å². The predicted octanol–water partition coefficient (Wildman–Crippen LogP) is 1.51. The Balaban J connectivity index is 1.71. The summed E-state index contributed by atoms with van der Waals surface area (Å²) in [6.07, 6.45) is 5.29. The van der Waals surface area contributed by atoms with Gasteiger partial charge in [0.25, 0.3) is 0 Å². The molecule has 1 saturated carbocycles. The summed E-state index contributed by atoms with van der Waals surface area (Å²) in [4.78, 5) is 0. The highest BCUT2D eigenvalue weighted by Gasteiger charge is 2.28. The second kappa shape index (κ2) is 3.94. The summed E-state index contributed by atoms with van der Waals surface area (Å²) in [6.45, 7) is 3.30. The number of aromatic nitrogens is 5. The highest BCUT2D eigenvalue weighted by Crippen LogP contribution is 2.37. The summed E-state index contributed by atoms with van der Waals surface area (Å²) < 4.78 is 1.44. The van der Waals surface area contributed by atoms with E-state index >= 15 is 0 Å². The van der Waals surface area contributed by atoms with Gasteiger partial charge in [-0.25, -0.2) is 0 Å². The van der Waals surface area contributed by atoms with Crippen LogP contribution in [-0.2, 0) is 0 Å². The fourth-order valence-electron chi connectivity index (χ4n) is 2.45. The van der Waals surface area contributed by atoms with E-state index in [1.165, 1.54) is 30.3 Å². The standard InChI is InChI=1S/C11H16N6/c1-11(6-2-3-7-11)8-12-9-4-5-10-13-15-16-17(10)14-9/h4-5H,2-3,6-8H2,1H3,(H,12,14). The van der Waals surface area contributed by atoms with Crippen LogP contribution in [-0.4, -0.2) is 31.8 Å². The molecule has 6 nitrogen and oxygen atoms in total. The Morgan fingerprint density at radius 3 is 3.00 bits per heavy atom. The SMILES string of the molecule is CC1(CNc2ccc3nnnn3n2)CCCC1. The van der Waals surface area contributed by atoms with Gasteiger partial charge in [0.1, 0.15) is 5.82 Å². The molecule has 0 radical (unpaired) electrons. The van der Waals surface area contributed by atoms with Crippen molar-refractivity contribution in [2.24, 2.45) is 5.41 Å². The van der Waals surface area contributed by atoms with Gasteiger partial charge in [0.2, 0.25) is 0 Å². The van der Waals surface area contributed by atoms with Gasteiger partial charge >= 0.3 is 0 Å². The summed E-state index contributed by atoms with van der Waals surface area (Å²) >= 11 is 0. The van der Waals surface area contributed by atoms with Gasteiger partial charge in [0.15, 0.2) is 5.65 Å². The minimum absolute atomic E-state index is 0.414. The molecule has 0 bridgehead atoms. The number of rotatable bonds is 3. The zero-order valence-electron chi connectivity index (χ0n) is 9.93. The van der Waals surface area contributed by atoms with Crippen LogP contribution in [0.15, 0.2) is 12.1 Å². The van der Waals surface area contributed by atoms with Gasteiger partial charge in [-0.05, 0) is 40.8 Å². The fourth-order valence-corrected chi connectivity index (χ4v) is 2.45. The maximum absolute atomic E-state index is 4.30. The van der Waals surface area contributed by atoms with Gasteiger partial charge in [0.05, 0.1) is 0 Å². The first kappa shape index (κ1) is 10.4. The number of tetrazole rings is 1. The van der Waals surface area contributed by atoms with Crippen LogP contribution in [0.2, 0.25) is 0 Å². The maximum atomic E-state index is 4.30. The van der Waals surface area contributed by atoms with Crippen LogP contribution in [0.4, 0.5) is 5.82 Å². The fraction of sp³-hybridized carbons (Fsp3) is 0.636. The molecule has 2 aromatic rings. The lowest BCUT2D eigenvalue weighted by atomic mass is 9.89. The molecule has 0 amide bonds. The average molecular weight is 232 g/mol. The molecule has 0 atom stereocenters. The van der Waals surface area contributed by atoms with Gasteiger partial charge in [-0.3, -0.25) is 0 Å². The molecule has 3 rings (SSSR count). The molecule has 0 saturated heterocycles. The van der Waals surface area contributed by atoms with E-state index in [0.29, 0.717) is 11.1 Å². The van der Waals surface area contributed by atoms with E-state index in [4.69, 9.17) is 0 Å². The van der Waals surface area contributed by atoms with Crippen molar-refractivity contribution >= 4 is 11.5 Å². The van der Waals surface area contributed by atoms with Crippen molar-refractivity contribution in [2.75, 3.05) is 11.9 Å². The smallest absolute Gasteiger partial charge is 0.200 e. The van der Waals surface area contributed by atoms with Crippen molar-refractivity contribution in [1.29, 1.82) is 0 Å². The minimum Gasteiger partial charge on any atom is -0.368 e. The Hall–Kier alpha value is -1.72. The Bertz CT molecular complexity index is 513. The maximum Gasteiger partial charge on any atom is 0.200 e. The van der Waals surface area contributed by atoms with E-state index in [9.17, 15) is 0 Å². The molecule has 2 aromatic heterocycles. The van der Waals surface area contributed by atoms with Gasteiger partial charge in [0, 0.05) is 6.54 Å². The zero-order chi connectivity index (χ0) is 11.7. The summed E-state index contributed by atoms with van der Waals surface area (Å²) in [5.74, 6) is 0.831. The highest BCUT2D eigenvalue weighted by atomic mass is 15.6. The van der Waals surface area contributed by atoms with Crippen LogP contribution < -0.4 is 5.32 Å². The molecule has 0 aliphatic heterocycles. The Kier molecular flexibility index (Phi) is 2.42. The van der Waals surface area contributed by atoms with E-state index < -0.39 is 0 Å². The van der Waals surface area contributed by atoms with Crippen molar-refractivity contribution in [1.82, 2.24) is 25.3 Å². The van der Waals surface area contributed by atoms with E-state index in [-0.39, 0.29) is 0 Å².